The Bertz CT molecular complexity index is 315. The van der Waals surface area contributed by atoms with Crippen LogP contribution in [0.2, 0.25) is 0 Å². The van der Waals surface area contributed by atoms with Crippen LogP contribution in [0.1, 0.15) is 11.6 Å². The van der Waals surface area contributed by atoms with E-state index in [1.54, 1.807) is 0 Å². The molecule has 0 spiro atoms. The summed E-state index contributed by atoms with van der Waals surface area (Å²) in [6, 6.07) is 5.58. The second-order valence-corrected chi connectivity index (χ2v) is 4.24. The third-order valence-electron chi connectivity index (χ3n) is 2.10. The fourth-order valence-corrected chi connectivity index (χ4v) is 1.85. The maximum atomic E-state index is 8.93. The van der Waals surface area contributed by atoms with Crippen LogP contribution in [-0.4, -0.2) is 25.8 Å². The average Bonchev–Trinajstić information content (AvgIpc) is 2.16. The van der Waals surface area contributed by atoms with Crippen molar-refractivity contribution >= 4 is 21.6 Å². The smallest absolute Gasteiger partial charge is 0.0624 e. The van der Waals surface area contributed by atoms with E-state index in [4.69, 9.17) is 10.8 Å². The minimum Gasteiger partial charge on any atom is -0.394 e. The third-order valence-corrected chi connectivity index (χ3v) is 2.78. The maximum absolute atomic E-state index is 8.93. The fourth-order valence-electron chi connectivity index (χ4n) is 1.19. The number of nitrogens with two attached hydrogens (primary N) is 1. The molecular weight excluding hydrogens is 244 g/mol. The zero-order chi connectivity index (χ0) is 10.7. The van der Waals surface area contributed by atoms with E-state index in [2.05, 4.69) is 15.9 Å². The first-order chi connectivity index (χ1) is 6.56. The van der Waals surface area contributed by atoms with Crippen LogP contribution >= 0.6 is 15.9 Å². The van der Waals surface area contributed by atoms with Crippen LogP contribution < -0.4 is 10.6 Å². The quantitative estimate of drug-likeness (QED) is 0.865. The number of aliphatic hydroxyl groups is 1. The average molecular weight is 259 g/mol. The van der Waals surface area contributed by atoms with Crippen molar-refractivity contribution in [3.63, 3.8) is 0 Å². The predicted molar refractivity (Wildman–Crippen MR) is 62.5 cm³/mol. The number of aliphatic hydroxyl groups excluding tert-OH is 1. The molecule has 0 bridgehead atoms. The summed E-state index contributed by atoms with van der Waals surface area (Å²) in [6.07, 6.45) is 0. The van der Waals surface area contributed by atoms with Gasteiger partial charge in [-0.05, 0) is 17.7 Å². The standard InChI is InChI=1S/C10H15BrN2O/c1-13(2)7-3-4-8(9(11)5-7)10(12)6-14/h3-5,10,14H,6,12H2,1-2H3. The molecule has 1 rings (SSSR count). The van der Waals surface area contributed by atoms with Gasteiger partial charge in [-0.3, -0.25) is 0 Å². The second-order valence-electron chi connectivity index (χ2n) is 3.39. The van der Waals surface area contributed by atoms with Gasteiger partial charge in [0.15, 0.2) is 0 Å². The van der Waals surface area contributed by atoms with Crippen molar-refractivity contribution in [3.05, 3.63) is 28.2 Å². The second kappa shape index (κ2) is 4.77. The number of benzene rings is 1. The Morgan fingerprint density at radius 2 is 2.14 bits per heavy atom. The molecule has 0 fully saturated rings. The minimum atomic E-state index is -0.319. The molecule has 0 saturated heterocycles. The molecule has 1 aromatic carbocycles. The van der Waals surface area contributed by atoms with Gasteiger partial charge in [0.25, 0.3) is 0 Å². The van der Waals surface area contributed by atoms with Gasteiger partial charge in [0.1, 0.15) is 0 Å². The molecule has 0 aliphatic carbocycles. The van der Waals surface area contributed by atoms with E-state index in [-0.39, 0.29) is 12.6 Å². The van der Waals surface area contributed by atoms with E-state index in [1.165, 1.54) is 0 Å². The van der Waals surface area contributed by atoms with Gasteiger partial charge >= 0.3 is 0 Å². The lowest BCUT2D eigenvalue weighted by molar-refractivity contribution is 0.267. The van der Waals surface area contributed by atoms with Crippen molar-refractivity contribution in [1.82, 2.24) is 0 Å². The number of hydrogen-bond donors (Lipinski definition) is 2. The highest BCUT2D eigenvalue weighted by Crippen LogP contribution is 2.26. The van der Waals surface area contributed by atoms with Gasteiger partial charge in [-0.15, -0.1) is 0 Å². The summed E-state index contributed by atoms with van der Waals surface area (Å²) in [7, 11) is 3.96. The van der Waals surface area contributed by atoms with E-state index in [1.807, 2.05) is 37.2 Å². The fraction of sp³-hybridized carbons (Fsp3) is 0.400. The Labute approximate surface area is 92.7 Å². The molecular formula is C10H15BrN2O. The Balaban J connectivity index is 3.01. The third kappa shape index (κ3) is 2.47. The van der Waals surface area contributed by atoms with Gasteiger partial charge in [0.2, 0.25) is 0 Å². The van der Waals surface area contributed by atoms with Gasteiger partial charge < -0.3 is 15.7 Å². The van der Waals surface area contributed by atoms with Gasteiger partial charge in [0.05, 0.1) is 12.6 Å². The summed E-state index contributed by atoms with van der Waals surface area (Å²) < 4.78 is 0.935. The molecule has 0 aliphatic heterocycles. The van der Waals surface area contributed by atoms with Gasteiger partial charge in [0, 0.05) is 24.3 Å². The summed E-state index contributed by atoms with van der Waals surface area (Å²) in [6.45, 7) is -0.0418. The molecule has 1 aromatic rings. The molecule has 1 atom stereocenters. The molecule has 4 heteroatoms. The highest BCUT2D eigenvalue weighted by atomic mass is 79.9. The first-order valence-corrected chi connectivity index (χ1v) is 5.18. The van der Waals surface area contributed by atoms with Crippen molar-refractivity contribution in [2.75, 3.05) is 25.6 Å². The number of hydrogen-bond acceptors (Lipinski definition) is 3. The number of halogens is 1. The molecule has 3 N–H and O–H groups in total. The van der Waals surface area contributed by atoms with Crippen LogP contribution in [0.15, 0.2) is 22.7 Å². The lowest BCUT2D eigenvalue weighted by Crippen LogP contribution is -2.15. The number of anilines is 1. The highest BCUT2D eigenvalue weighted by molar-refractivity contribution is 9.10. The Morgan fingerprint density at radius 3 is 2.57 bits per heavy atom. The van der Waals surface area contributed by atoms with E-state index >= 15 is 0 Å². The van der Waals surface area contributed by atoms with Crippen LogP contribution in [0.5, 0.6) is 0 Å². The predicted octanol–water partition coefficient (Wildman–Crippen LogP) is 1.51. The van der Waals surface area contributed by atoms with Crippen LogP contribution in [0.4, 0.5) is 5.69 Å². The Morgan fingerprint density at radius 1 is 1.50 bits per heavy atom. The lowest BCUT2D eigenvalue weighted by atomic mass is 10.1. The lowest BCUT2D eigenvalue weighted by Gasteiger charge is -2.16. The Hall–Kier alpha value is -0.580. The summed E-state index contributed by atoms with van der Waals surface area (Å²) >= 11 is 3.44. The van der Waals surface area contributed by atoms with E-state index < -0.39 is 0 Å². The van der Waals surface area contributed by atoms with Crippen molar-refractivity contribution in [1.29, 1.82) is 0 Å². The molecule has 0 saturated carbocycles. The molecule has 1 unspecified atom stereocenters. The van der Waals surface area contributed by atoms with Crippen LogP contribution in [0, 0.1) is 0 Å². The van der Waals surface area contributed by atoms with Gasteiger partial charge in [-0.25, -0.2) is 0 Å². The number of nitrogens with zero attached hydrogens (tertiary/aromatic N) is 1. The topological polar surface area (TPSA) is 49.5 Å². The van der Waals surface area contributed by atoms with E-state index in [0.717, 1.165) is 15.7 Å². The zero-order valence-electron chi connectivity index (χ0n) is 8.37. The molecule has 3 nitrogen and oxygen atoms in total. The molecule has 0 aliphatic rings. The molecule has 0 amide bonds. The van der Waals surface area contributed by atoms with Gasteiger partial charge in [-0.2, -0.15) is 0 Å². The minimum absolute atomic E-state index is 0.0418. The van der Waals surface area contributed by atoms with Crippen LogP contribution in [0.3, 0.4) is 0 Å². The van der Waals surface area contributed by atoms with Crippen molar-refractivity contribution in [2.24, 2.45) is 5.73 Å². The Kier molecular flexibility index (Phi) is 3.92. The molecule has 0 aromatic heterocycles. The highest BCUT2D eigenvalue weighted by Gasteiger charge is 2.09. The molecule has 0 heterocycles. The molecule has 0 radical (unpaired) electrons. The van der Waals surface area contributed by atoms with Crippen LogP contribution in [0.25, 0.3) is 0 Å². The maximum Gasteiger partial charge on any atom is 0.0624 e. The van der Waals surface area contributed by atoms with Crippen molar-refractivity contribution < 1.29 is 5.11 Å². The normalized spacial score (nSPS) is 12.6. The van der Waals surface area contributed by atoms with E-state index in [0.29, 0.717) is 0 Å². The molecule has 14 heavy (non-hydrogen) atoms. The summed E-state index contributed by atoms with van der Waals surface area (Å²) in [5.41, 5.74) is 7.76. The van der Waals surface area contributed by atoms with Crippen molar-refractivity contribution in [2.45, 2.75) is 6.04 Å². The SMILES string of the molecule is CN(C)c1ccc(C(N)CO)c(Br)c1. The summed E-state index contributed by atoms with van der Waals surface area (Å²) in [5.74, 6) is 0. The zero-order valence-corrected chi connectivity index (χ0v) is 9.95. The van der Waals surface area contributed by atoms with Gasteiger partial charge in [-0.1, -0.05) is 22.0 Å². The molecule has 78 valence electrons. The van der Waals surface area contributed by atoms with Crippen LogP contribution in [-0.2, 0) is 0 Å². The van der Waals surface area contributed by atoms with Crippen molar-refractivity contribution in [3.8, 4) is 0 Å². The monoisotopic (exact) mass is 258 g/mol. The summed E-state index contributed by atoms with van der Waals surface area (Å²) in [4.78, 5) is 2.01. The number of rotatable bonds is 3. The summed E-state index contributed by atoms with van der Waals surface area (Å²) in [5, 5.41) is 8.93. The first kappa shape index (κ1) is 11.5. The first-order valence-electron chi connectivity index (χ1n) is 4.39. The largest absolute Gasteiger partial charge is 0.394 e. The van der Waals surface area contributed by atoms with E-state index in [9.17, 15) is 0 Å².